The van der Waals surface area contributed by atoms with Gasteiger partial charge in [0.15, 0.2) is 0 Å². The van der Waals surface area contributed by atoms with Gasteiger partial charge >= 0.3 is 28.3 Å². The Labute approximate surface area is 582 Å². The highest BCUT2D eigenvalue weighted by atomic mass is 79.9. The summed E-state index contributed by atoms with van der Waals surface area (Å²) in [5.74, 6) is 0. The van der Waals surface area contributed by atoms with E-state index in [0.29, 0.717) is 5.46 Å². The van der Waals surface area contributed by atoms with Crippen LogP contribution in [-0.2, 0) is 44.2 Å². The van der Waals surface area contributed by atoms with Crippen molar-refractivity contribution in [2.75, 3.05) is 0 Å². The van der Waals surface area contributed by atoms with E-state index in [2.05, 4.69) is 233 Å². The number of fused-ring (bicyclic) bond motifs is 3. The molecule has 0 aliphatic carbocycles. The Hall–Kier alpha value is -5.24. The number of benzene rings is 9. The van der Waals surface area contributed by atoms with Gasteiger partial charge in [0.2, 0.25) is 0 Å². The summed E-state index contributed by atoms with van der Waals surface area (Å²) in [6.07, 6.45) is 0. The Morgan fingerprint density at radius 1 is 0.362 bits per heavy atom. The van der Waals surface area contributed by atoms with Crippen LogP contribution in [0.5, 0.6) is 0 Å². The van der Waals surface area contributed by atoms with Crippen LogP contribution < -0.4 is 10.9 Å². The van der Waals surface area contributed by atoms with Crippen molar-refractivity contribution in [3.8, 4) is 22.3 Å². The topological polar surface area (TPSA) is 95.8 Å². The van der Waals surface area contributed by atoms with E-state index in [1.54, 1.807) is 12.1 Å². The second-order valence-electron chi connectivity index (χ2n) is 30.8. The SMILES string of the molecule is C.CC(C)(C)c1ccc(B2OC(C)(C)C(C)(C)O2)c(-c2ccc3ccccc3c2)c1.CC(C)(C)c1ccc(Cl)c(-c2ccc3ccccc3c2)c1.CC(C)(C)c1ccc(Cl)c(Br)c1.CC1(C)OB(B2OC(C)(C)C(C)(C)O2)OC1(C)C.OB(O)c1ccc2ccccc2c1. The summed E-state index contributed by atoms with van der Waals surface area (Å²) < 4.78 is 37.6. The molecule has 0 bridgehead atoms. The van der Waals surface area contributed by atoms with Gasteiger partial charge in [-0.05, 0) is 228 Å². The predicted molar refractivity (Wildman–Crippen MR) is 407 cm³/mol. The number of hydrogen-bond donors (Lipinski definition) is 2. The van der Waals surface area contributed by atoms with Crippen LogP contribution in [0.1, 0.15) is 170 Å². The van der Waals surface area contributed by atoms with Crippen LogP contribution in [0.2, 0.25) is 10.0 Å². The molecule has 3 heterocycles. The maximum atomic E-state index is 8.94. The lowest BCUT2D eigenvalue weighted by Gasteiger charge is -2.32. The third kappa shape index (κ3) is 17.9. The van der Waals surface area contributed by atoms with E-state index in [0.717, 1.165) is 36.3 Å². The predicted octanol–water partition coefficient (Wildman–Crippen LogP) is 20.4. The minimum Gasteiger partial charge on any atom is -0.423 e. The molecule has 0 atom stereocenters. The lowest BCUT2D eigenvalue weighted by molar-refractivity contribution is 0.00578. The quantitative estimate of drug-likeness (QED) is 0.165. The second kappa shape index (κ2) is 29.1. The summed E-state index contributed by atoms with van der Waals surface area (Å²) in [6, 6.07) is 62.4. The molecule has 0 radical (unpaired) electrons. The number of halogens is 3. The summed E-state index contributed by atoms with van der Waals surface area (Å²) in [5, 5.41) is 26.6. The minimum atomic E-state index is -1.38. The van der Waals surface area contributed by atoms with Crippen molar-refractivity contribution in [3.63, 3.8) is 0 Å². The van der Waals surface area contributed by atoms with Crippen LogP contribution in [0.15, 0.2) is 186 Å². The molecule has 2 N–H and O–H groups in total. The molecule has 9 aromatic rings. The molecule has 0 unspecified atom stereocenters. The molecule has 0 amide bonds. The molecule has 94 heavy (non-hydrogen) atoms. The van der Waals surface area contributed by atoms with E-state index >= 15 is 0 Å². The van der Waals surface area contributed by atoms with Crippen molar-refractivity contribution in [2.45, 2.75) is 203 Å². The van der Waals surface area contributed by atoms with Gasteiger partial charge in [0, 0.05) is 15.1 Å². The van der Waals surface area contributed by atoms with E-state index < -0.39 is 21.1 Å². The lowest BCUT2D eigenvalue weighted by Crippen LogP contribution is -2.41. The minimum absolute atomic E-state index is 0. The Balaban J connectivity index is 0.000000172. The Kier molecular flexibility index (Phi) is 23.5. The monoisotopic (exact) mass is 1370 g/mol. The third-order valence-electron chi connectivity index (χ3n) is 19.0. The summed E-state index contributed by atoms with van der Waals surface area (Å²) in [4.78, 5) is 0. The summed E-state index contributed by atoms with van der Waals surface area (Å²) in [6.45, 7) is 44.6. The molecule has 496 valence electrons. The van der Waals surface area contributed by atoms with Crippen LogP contribution in [0.3, 0.4) is 0 Å². The van der Waals surface area contributed by atoms with Crippen LogP contribution in [0, 0.1) is 0 Å². The summed E-state index contributed by atoms with van der Waals surface area (Å²) in [5.41, 5.74) is 8.39. The van der Waals surface area contributed by atoms with Crippen LogP contribution in [0.4, 0.5) is 0 Å². The molecule has 3 fully saturated rings. The molecular weight excluding hydrogens is 1270 g/mol. The largest absolute Gasteiger partial charge is 0.495 e. The Morgan fingerprint density at radius 2 is 0.681 bits per heavy atom. The Morgan fingerprint density at radius 3 is 1.06 bits per heavy atom. The smallest absolute Gasteiger partial charge is 0.423 e. The highest BCUT2D eigenvalue weighted by Crippen LogP contribution is 2.44. The standard InChI is InChI=1S/C26H31BO2.C20H19Cl.C12H24B2O4.C10H9BO2.C10H12BrCl.CH4/c1-24(2,3)21-14-15-23(27-28-25(4,5)26(6,7)29-27)22(17-21)20-13-12-18-10-8-9-11-19(18)16-20;1-20(2,3)17-10-11-19(21)18(13-17)16-9-8-14-6-4-5-7-15(14)12-16;1-9(2)10(3,4)16-13(15-9)14-17-11(5,6)12(7,8)18-14;12-11(13)10-6-5-8-3-1-2-4-9(8)7-10;1-10(2,3)7-4-5-9(12)8(11)6-7;/h8-17H,1-7H3;4-13H,1-3H3;1-8H3;1-7,12-13H;4-6H,1-3H3;1H4. The third-order valence-corrected chi connectivity index (χ3v) is 20.5. The first-order chi connectivity index (χ1) is 43.0. The van der Waals surface area contributed by atoms with E-state index in [4.69, 9.17) is 61.2 Å². The summed E-state index contributed by atoms with van der Waals surface area (Å²) >= 11 is 15.7. The van der Waals surface area contributed by atoms with Crippen molar-refractivity contribution in [3.05, 3.63) is 213 Å². The zero-order valence-electron chi connectivity index (χ0n) is 58.6. The second-order valence-corrected chi connectivity index (χ2v) is 32.5. The van der Waals surface area contributed by atoms with E-state index in [9.17, 15) is 0 Å². The fourth-order valence-electron chi connectivity index (χ4n) is 10.7. The first-order valence-corrected chi connectivity index (χ1v) is 33.8. The summed E-state index contributed by atoms with van der Waals surface area (Å²) in [7, 11) is -2.72. The highest BCUT2D eigenvalue weighted by Gasteiger charge is 2.64. The normalized spacial score (nSPS) is 17.4. The van der Waals surface area contributed by atoms with Gasteiger partial charge in [0.05, 0.1) is 38.6 Å². The van der Waals surface area contributed by atoms with Crippen LogP contribution in [-0.4, -0.2) is 71.9 Å². The fourth-order valence-corrected chi connectivity index (χ4v) is 11.4. The molecule has 3 aliphatic heterocycles. The van der Waals surface area contributed by atoms with E-state index in [1.807, 2.05) is 97.9 Å². The van der Waals surface area contributed by atoms with Crippen LogP contribution in [0.25, 0.3) is 54.6 Å². The zero-order chi connectivity index (χ0) is 68.7. The van der Waals surface area contributed by atoms with Gasteiger partial charge in [0.25, 0.3) is 0 Å². The van der Waals surface area contributed by atoms with Gasteiger partial charge in [-0.15, -0.1) is 0 Å². The van der Waals surface area contributed by atoms with Crippen molar-refractivity contribution in [1.29, 1.82) is 0 Å². The molecule has 3 saturated heterocycles. The molecule has 12 rings (SSSR count). The zero-order valence-corrected chi connectivity index (χ0v) is 61.7. The molecule has 0 aromatic heterocycles. The Bertz CT molecular complexity index is 4010. The van der Waals surface area contributed by atoms with Gasteiger partial charge < -0.3 is 38.0 Å². The molecule has 9 aromatic carbocycles. The van der Waals surface area contributed by atoms with Gasteiger partial charge in [-0.25, -0.2) is 0 Å². The first-order valence-electron chi connectivity index (χ1n) is 32.3. The van der Waals surface area contributed by atoms with E-state index in [1.165, 1.54) is 54.9 Å². The van der Waals surface area contributed by atoms with Crippen molar-refractivity contribution < 1.29 is 38.0 Å². The molecule has 15 heteroatoms. The average molecular weight is 1370 g/mol. The fraction of sp³-hybridized carbons (Fsp3) is 0.392. The van der Waals surface area contributed by atoms with Gasteiger partial charge in [0.1, 0.15) is 0 Å². The highest BCUT2D eigenvalue weighted by molar-refractivity contribution is 9.10. The van der Waals surface area contributed by atoms with Crippen molar-refractivity contribution >= 4 is 111 Å². The van der Waals surface area contributed by atoms with Gasteiger partial charge in [-0.3, -0.25) is 0 Å². The average Bonchev–Trinajstić information content (AvgIpc) is 1.57. The maximum absolute atomic E-state index is 8.94. The van der Waals surface area contributed by atoms with Crippen molar-refractivity contribution in [1.82, 2.24) is 0 Å². The number of hydrogen-bond acceptors (Lipinski definition) is 8. The molecule has 0 spiro atoms. The van der Waals surface area contributed by atoms with Gasteiger partial charge in [-0.1, -0.05) is 239 Å². The molecule has 0 saturated carbocycles. The van der Waals surface area contributed by atoms with Crippen LogP contribution >= 0.6 is 39.1 Å². The molecular formula is C79H99B4BrCl2O8. The lowest BCUT2D eigenvalue weighted by atomic mass is 9.49. The number of rotatable bonds is 5. The molecule has 8 nitrogen and oxygen atoms in total. The van der Waals surface area contributed by atoms with Gasteiger partial charge in [-0.2, -0.15) is 0 Å². The first kappa shape index (κ1) is 76.1. The van der Waals surface area contributed by atoms with E-state index in [-0.39, 0.29) is 64.4 Å². The van der Waals surface area contributed by atoms with Crippen molar-refractivity contribution in [2.24, 2.45) is 0 Å². The maximum Gasteiger partial charge on any atom is 0.495 e. The molecule has 3 aliphatic rings.